The fraction of sp³-hybridized carbons (Fsp3) is 0.400. The minimum atomic E-state index is -2.61. The van der Waals surface area contributed by atoms with E-state index in [0.29, 0.717) is 17.0 Å². The van der Waals surface area contributed by atoms with Crippen molar-refractivity contribution in [2.75, 3.05) is 5.32 Å². The van der Waals surface area contributed by atoms with Gasteiger partial charge in [-0.05, 0) is 12.5 Å². The highest BCUT2D eigenvalue weighted by Gasteiger charge is 2.08. The van der Waals surface area contributed by atoms with Crippen LogP contribution in [0.25, 0.3) is 0 Å². The highest BCUT2D eigenvalue weighted by atomic mass is 35.5. The van der Waals surface area contributed by atoms with Crippen molar-refractivity contribution in [3.05, 3.63) is 29.7 Å². The number of aromatic nitrogens is 4. The molecule has 0 aromatic carbocycles. The van der Waals surface area contributed by atoms with E-state index in [1.807, 2.05) is 14.0 Å². The smallest absolute Gasteiger partial charge is 0.333 e. The quantitative estimate of drug-likeness (QED) is 0.933. The molecule has 2 aromatic rings. The van der Waals surface area contributed by atoms with Gasteiger partial charge in [-0.3, -0.25) is 4.68 Å². The molecule has 0 unspecified atom stereocenters. The Morgan fingerprint density at radius 2 is 2.17 bits per heavy atom. The van der Waals surface area contributed by atoms with Crippen molar-refractivity contribution in [1.82, 2.24) is 19.6 Å². The Bertz CT molecular complexity index is 489. The van der Waals surface area contributed by atoms with Gasteiger partial charge >= 0.3 is 6.55 Å². The molecule has 1 N–H and O–H groups in total. The summed E-state index contributed by atoms with van der Waals surface area (Å²) in [5.41, 5.74) is 2.05. The second-order valence-corrected chi connectivity index (χ2v) is 3.71. The fourth-order valence-electron chi connectivity index (χ4n) is 1.54. The number of anilines is 1. The molecule has 0 spiro atoms. The lowest BCUT2D eigenvalue weighted by molar-refractivity contribution is 0.0569. The van der Waals surface area contributed by atoms with Crippen LogP contribution in [0.2, 0.25) is 0 Å². The maximum Gasteiger partial charge on any atom is 0.333 e. The molecular formula is C10H14ClF2N5. The minimum Gasteiger partial charge on any atom is -0.363 e. The van der Waals surface area contributed by atoms with Crippen LogP contribution >= 0.6 is 12.4 Å². The molecule has 0 radical (unpaired) electrons. The first-order valence-corrected chi connectivity index (χ1v) is 5.12. The highest BCUT2D eigenvalue weighted by Crippen LogP contribution is 2.13. The van der Waals surface area contributed by atoms with E-state index >= 15 is 0 Å². The van der Waals surface area contributed by atoms with Gasteiger partial charge in [0.15, 0.2) is 0 Å². The number of halogens is 3. The maximum atomic E-state index is 12.3. The van der Waals surface area contributed by atoms with E-state index in [9.17, 15) is 8.78 Å². The minimum absolute atomic E-state index is 0. The predicted octanol–water partition coefficient (Wildman–Crippen LogP) is 2.35. The van der Waals surface area contributed by atoms with E-state index < -0.39 is 6.55 Å². The van der Waals surface area contributed by atoms with E-state index in [-0.39, 0.29) is 12.4 Å². The summed E-state index contributed by atoms with van der Waals surface area (Å²) in [5.74, 6) is 0.422. The van der Waals surface area contributed by atoms with Gasteiger partial charge in [-0.1, -0.05) is 0 Å². The van der Waals surface area contributed by atoms with Crippen LogP contribution < -0.4 is 5.32 Å². The van der Waals surface area contributed by atoms with Crippen LogP contribution in [0.1, 0.15) is 17.8 Å². The highest BCUT2D eigenvalue weighted by molar-refractivity contribution is 5.85. The molecule has 100 valence electrons. The van der Waals surface area contributed by atoms with E-state index in [2.05, 4.69) is 15.5 Å². The number of aryl methyl sites for hydroxylation is 2. The number of alkyl halides is 2. The van der Waals surface area contributed by atoms with Gasteiger partial charge in [0.05, 0.1) is 18.4 Å². The lowest BCUT2D eigenvalue weighted by atomic mass is 10.3. The summed E-state index contributed by atoms with van der Waals surface area (Å²) in [7, 11) is 1.84. The second kappa shape index (κ2) is 5.81. The average Bonchev–Trinajstić information content (AvgIpc) is 2.85. The van der Waals surface area contributed by atoms with Gasteiger partial charge in [-0.25, -0.2) is 4.68 Å². The standard InChI is InChI=1S/C10H13F2N5.ClH/c1-7-5-14-16(2)8(7)6-13-9-3-4-17(15-9)10(11)12;/h3-5,10H,6H2,1-2H3,(H,13,15);1H. The molecule has 0 saturated heterocycles. The van der Waals surface area contributed by atoms with Crippen LogP contribution in [0.3, 0.4) is 0 Å². The molecular weight excluding hydrogens is 264 g/mol. The molecule has 0 fully saturated rings. The Balaban J connectivity index is 0.00000162. The molecule has 2 heterocycles. The summed E-state index contributed by atoms with van der Waals surface area (Å²) < 4.78 is 26.9. The molecule has 5 nitrogen and oxygen atoms in total. The van der Waals surface area contributed by atoms with Crippen LogP contribution in [0.5, 0.6) is 0 Å². The first-order chi connectivity index (χ1) is 8.08. The third kappa shape index (κ3) is 2.98. The Morgan fingerprint density at radius 1 is 1.44 bits per heavy atom. The van der Waals surface area contributed by atoms with Crippen LogP contribution in [0.4, 0.5) is 14.6 Å². The number of hydrogen-bond acceptors (Lipinski definition) is 3. The van der Waals surface area contributed by atoms with Gasteiger partial charge in [0.2, 0.25) is 0 Å². The van der Waals surface area contributed by atoms with Crippen LogP contribution in [-0.4, -0.2) is 19.6 Å². The normalized spacial score (nSPS) is 10.5. The third-order valence-corrected chi connectivity index (χ3v) is 2.52. The number of nitrogens with one attached hydrogen (secondary N) is 1. The van der Waals surface area contributed by atoms with E-state index in [4.69, 9.17) is 0 Å². The lowest BCUT2D eigenvalue weighted by Gasteiger charge is -2.05. The number of nitrogens with zero attached hydrogens (tertiary/aromatic N) is 4. The van der Waals surface area contributed by atoms with Gasteiger partial charge in [-0.2, -0.15) is 19.0 Å². The monoisotopic (exact) mass is 277 g/mol. The Hall–Kier alpha value is -1.63. The Labute approximate surface area is 109 Å². The largest absolute Gasteiger partial charge is 0.363 e. The molecule has 0 aliphatic carbocycles. The summed E-state index contributed by atoms with van der Waals surface area (Å²) in [6.45, 7) is -0.159. The van der Waals surface area contributed by atoms with Crippen molar-refractivity contribution in [3.63, 3.8) is 0 Å². The molecule has 0 aliphatic rings. The zero-order valence-corrected chi connectivity index (χ0v) is 10.8. The first-order valence-electron chi connectivity index (χ1n) is 5.12. The Morgan fingerprint density at radius 3 is 2.67 bits per heavy atom. The molecule has 2 aromatic heterocycles. The van der Waals surface area contributed by atoms with Crippen molar-refractivity contribution in [3.8, 4) is 0 Å². The molecule has 0 saturated carbocycles. The summed E-state index contributed by atoms with van der Waals surface area (Å²) in [6.07, 6.45) is 3.00. The summed E-state index contributed by atoms with van der Waals surface area (Å²) >= 11 is 0. The molecule has 18 heavy (non-hydrogen) atoms. The summed E-state index contributed by atoms with van der Waals surface area (Å²) in [5, 5.41) is 10.8. The zero-order valence-electron chi connectivity index (χ0n) is 9.97. The van der Waals surface area contributed by atoms with Crippen LogP contribution in [-0.2, 0) is 13.6 Å². The van der Waals surface area contributed by atoms with Crippen molar-refractivity contribution >= 4 is 18.2 Å². The molecule has 0 amide bonds. The second-order valence-electron chi connectivity index (χ2n) is 3.71. The number of rotatable bonds is 4. The first kappa shape index (κ1) is 14.4. The topological polar surface area (TPSA) is 47.7 Å². The van der Waals surface area contributed by atoms with Crippen molar-refractivity contribution in [2.24, 2.45) is 7.05 Å². The van der Waals surface area contributed by atoms with Gasteiger partial charge < -0.3 is 5.32 Å². The Kier molecular flexibility index (Phi) is 4.66. The average molecular weight is 278 g/mol. The molecule has 8 heteroatoms. The maximum absolute atomic E-state index is 12.3. The molecule has 2 rings (SSSR count). The van der Waals surface area contributed by atoms with Crippen LogP contribution in [0.15, 0.2) is 18.5 Å². The third-order valence-electron chi connectivity index (χ3n) is 2.52. The van der Waals surface area contributed by atoms with E-state index in [0.717, 1.165) is 11.3 Å². The molecule has 0 bridgehead atoms. The molecule has 0 aliphatic heterocycles. The van der Waals surface area contributed by atoms with Gasteiger partial charge in [0.1, 0.15) is 5.82 Å². The van der Waals surface area contributed by atoms with Crippen LogP contribution in [0, 0.1) is 6.92 Å². The van der Waals surface area contributed by atoms with E-state index in [1.165, 1.54) is 12.3 Å². The summed E-state index contributed by atoms with van der Waals surface area (Å²) in [4.78, 5) is 0. The van der Waals surface area contributed by atoms with Gasteiger partial charge in [-0.15, -0.1) is 12.4 Å². The van der Waals surface area contributed by atoms with Crippen molar-refractivity contribution in [2.45, 2.75) is 20.0 Å². The fourth-order valence-corrected chi connectivity index (χ4v) is 1.54. The van der Waals surface area contributed by atoms with Crippen molar-refractivity contribution < 1.29 is 8.78 Å². The zero-order chi connectivity index (χ0) is 12.4. The summed E-state index contributed by atoms with van der Waals surface area (Å²) in [6, 6.07) is 1.51. The van der Waals surface area contributed by atoms with Gasteiger partial charge in [0.25, 0.3) is 0 Å². The number of hydrogen-bond donors (Lipinski definition) is 1. The van der Waals surface area contributed by atoms with Gasteiger partial charge in [0, 0.05) is 19.3 Å². The predicted molar refractivity (Wildman–Crippen MR) is 66.0 cm³/mol. The van der Waals surface area contributed by atoms with Crippen molar-refractivity contribution in [1.29, 1.82) is 0 Å². The SMILES string of the molecule is Cc1cnn(C)c1CNc1ccn(C(F)F)n1.Cl. The van der Waals surface area contributed by atoms with E-state index in [1.54, 1.807) is 10.9 Å². The molecule has 0 atom stereocenters. The lowest BCUT2D eigenvalue weighted by Crippen LogP contribution is -2.07.